The van der Waals surface area contributed by atoms with E-state index < -0.39 is 11.4 Å². The minimum absolute atomic E-state index is 0.395. The van der Waals surface area contributed by atoms with Crippen LogP contribution in [-0.4, -0.2) is 5.91 Å². The van der Waals surface area contributed by atoms with E-state index >= 15 is 0 Å². The third-order valence-corrected chi connectivity index (χ3v) is 3.74. The summed E-state index contributed by atoms with van der Waals surface area (Å²) < 4.78 is 0. The van der Waals surface area contributed by atoms with Gasteiger partial charge in [0, 0.05) is 5.69 Å². The molecule has 0 aliphatic heterocycles. The Morgan fingerprint density at radius 1 is 0.952 bits per heavy atom. The van der Waals surface area contributed by atoms with E-state index in [0.29, 0.717) is 0 Å². The SMILES string of the molecule is Cc1ccc(NC(C)(C(N)=O)c2cc(C)cc(C)c2)cc1. The van der Waals surface area contributed by atoms with Gasteiger partial charge in [0.1, 0.15) is 5.54 Å². The third kappa shape index (κ3) is 3.24. The molecule has 1 atom stereocenters. The highest BCUT2D eigenvalue weighted by Gasteiger charge is 2.33. The number of aryl methyl sites for hydroxylation is 3. The Morgan fingerprint density at radius 2 is 1.48 bits per heavy atom. The van der Waals surface area contributed by atoms with E-state index in [2.05, 4.69) is 11.4 Å². The van der Waals surface area contributed by atoms with Crippen molar-refractivity contribution < 1.29 is 4.79 Å². The topological polar surface area (TPSA) is 55.1 Å². The molecule has 0 aliphatic rings. The molecule has 0 spiro atoms. The molecule has 1 unspecified atom stereocenters. The van der Waals surface area contributed by atoms with E-state index in [9.17, 15) is 4.79 Å². The van der Waals surface area contributed by atoms with Crippen molar-refractivity contribution >= 4 is 11.6 Å². The molecule has 0 saturated carbocycles. The van der Waals surface area contributed by atoms with Crippen LogP contribution in [0, 0.1) is 20.8 Å². The molecule has 2 aromatic carbocycles. The highest BCUT2D eigenvalue weighted by atomic mass is 16.1. The fourth-order valence-corrected chi connectivity index (χ4v) is 2.46. The van der Waals surface area contributed by atoms with Crippen LogP contribution < -0.4 is 11.1 Å². The average molecular weight is 282 g/mol. The Morgan fingerprint density at radius 3 is 1.95 bits per heavy atom. The van der Waals surface area contributed by atoms with Crippen molar-refractivity contribution in [2.45, 2.75) is 33.2 Å². The van der Waals surface area contributed by atoms with E-state index in [4.69, 9.17) is 5.73 Å². The number of amides is 1. The van der Waals surface area contributed by atoms with Crippen LogP contribution >= 0.6 is 0 Å². The molecule has 21 heavy (non-hydrogen) atoms. The molecule has 0 aromatic heterocycles. The number of rotatable bonds is 4. The smallest absolute Gasteiger partial charge is 0.247 e. The number of hydrogen-bond acceptors (Lipinski definition) is 2. The molecule has 0 heterocycles. The molecule has 2 aromatic rings. The van der Waals surface area contributed by atoms with Crippen LogP contribution in [0.5, 0.6) is 0 Å². The molecule has 0 radical (unpaired) electrons. The highest BCUT2D eigenvalue weighted by molar-refractivity contribution is 5.89. The molecule has 3 heteroatoms. The molecule has 0 bridgehead atoms. The summed E-state index contributed by atoms with van der Waals surface area (Å²) in [4.78, 5) is 12.1. The molecule has 3 nitrogen and oxygen atoms in total. The van der Waals surface area contributed by atoms with Gasteiger partial charge in [-0.25, -0.2) is 0 Å². The first kappa shape index (κ1) is 15.1. The van der Waals surface area contributed by atoms with Crippen LogP contribution in [0.15, 0.2) is 42.5 Å². The number of carbonyl (C=O) groups excluding carboxylic acids is 1. The maximum Gasteiger partial charge on any atom is 0.247 e. The van der Waals surface area contributed by atoms with Gasteiger partial charge in [0.05, 0.1) is 0 Å². The summed E-state index contributed by atoms with van der Waals surface area (Å²) in [6, 6.07) is 14.0. The second kappa shape index (κ2) is 5.60. The average Bonchev–Trinajstić information content (AvgIpc) is 2.40. The zero-order valence-electron chi connectivity index (χ0n) is 13.0. The first-order valence-corrected chi connectivity index (χ1v) is 7.05. The van der Waals surface area contributed by atoms with Gasteiger partial charge < -0.3 is 11.1 Å². The zero-order valence-corrected chi connectivity index (χ0v) is 13.0. The summed E-state index contributed by atoms with van der Waals surface area (Å²) in [5.41, 5.74) is 9.90. The van der Waals surface area contributed by atoms with E-state index in [-0.39, 0.29) is 0 Å². The van der Waals surface area contributed by atoms with Crippen LogP contribution in [-0.2, 0) is 10.3 Å². The van der Waals surface area contributed by atoms with Gasteiger partial charge in [0.15, 0.2) is 0 Å². The van der Waals surface area contributed by atoms with Crippen molar-refractivity contribution in [3.8, 4) is 0 Å². The van der Waals surface area contributed by atoms with Gasteiger partial charge in [0.2, 0.25) is 5.91 Å². The molecular weight excluding hydrogens is 260 g/mol. The Kier molecular flexibility index (Phi) is 4.03. The molecule has 2 rings (SSSR count). The van der Waals surface area contributed by atoms with Crippen molar-refractivity contribution in [1.82, 2.24) is 0 Å². The van der Waals surface area contributed by atoms with E-state index in [1.807, 2.05) is 64.1 Å². The number of benzene rings is 2. The second-order valence-corrected chi connectivity index (χ2v) is 5.86. The quantitative estimate of drug-likeness (QED) is 0.902. The van der Waals surface area contributed by atoms with Crippen LogP contribution in [0.4, 0.5) is 5.69 Å². The van der Waals surface area contributed by atoms with Crippen LogP contribution in [0.25, 0.3) is 0 Å². The lowest BCUT2D eigenvalue weighted by Gasteiger charge is -2.30. The number of anilines is 1. The Bertz CT molecular complexity index is 641. The number of nitrogens with two attached hydrogens (primary N) is 1. The van der Waals surface area contributed by atoms with E-state index in [1.165, 1.54) is 5.56 Å². The van der Waals surface area contributed by atoms with Crippen LogP contribution in [0.2, 0.25) is 0 Å². The lowest BCUT2D eigenvalue weighted by molar-refractivity contribution is -0.122. The lowest BCUT2D eigenvalue weighted by atomic mass is 9.88. The minimum atomic E-state index is -0.938. The van der Waals surface area contributed by atoms with Crippen molar-refractivity contribution in [3.63, 3.8) is 0 Å². The fourth-order valence-electron chi connectivity index (χ4n) is 2.46. The van der Waals surface area contributed by atoms with Gasteiger partial charge >= 0.3 is 0 Å². The van der Waals surface area contributed by atoms with Gasteiger partial charge in [-0.1, -0.05) is 47.0 Å². The second-order valence-electron chi connectivity index (χ2n) is 5.86. The van der Waals surface area contributed by atoms with Gasteiger partial charge in [-0.2, -0.15) is 0 Å². The minimum Gasteiger partial charge on any atom is -0.368 e. The molecule has 0 aliphatic carbocycles. The summed E-state index contributed by atoms with van der Waals surface area (Å²) in [6.45, 7) is 7.89. The zero-order chi connectivity index (χ0) is 15.6. The van der Waals surface area contributed by atoms with Crippen molar-refractivity contribution in [2.75, 3.05) is 5.32 Å². The monoisotopic (exact) mass is 282 g/mol. The Labute approximate surface area is 126 Å². The van der Waals surface area contributed by atoms with Gasteiger partial charge in [0.25, 0.3) is 0 Å². The van der Waals surface area contributed by atoms with E-state index in [0.717, 1.165) is 22.4 Å². The molecule has 0 saturated heterocycles. The largest absolute Gasteiger partial charge is 0.368 e. The summed E-state index contributed by atoms with van der Waals surface area (Å²) in [6.07, 6.45) is 0. The summed E-state index contributed by atoms with van der Waals surface area (Å²) in [7, 11) is 0. The van der Waals surface area contributed by atoms with E-state index in [1.54, 1.807) is 0 Å². The molecule has 0 fully saturated rings. The highest BCUT2D eigenvalue weighted by Crippen LogP contribution is 2.28. The maximum absolute atomic E-state index is 12.1. The van der Waals surface area contributed by atoms with Crippen molar-refractivity contribution in [2.24, 2.45) is 5.73 Å². The third-order valence-electron chi connectivity index (χ3n) is 3.74. The van der Waals surface area contributed by atoms with Gasteiger partial charge in [-0.15, -0.1) is 0 Å². The predicted octanol–water partition coefficient (Wildman–Crippen LogP) is 3.42. The number of carbonyl (C=O) groups is 1. The molecule has 1 amide bonds. The first-order valence-electron chi connectivity index (χ1n) is 7.05. The van der Waals surface area contributed by atoms with Crippen molar-refractivity contribution in [3.05, 3.63) is 64.7 Å². The van der Waals surface area contributed by atoms with Crippen LogP contribution in [0.1, 0.15) is 29.2 Å². The normalized spacial score (nSPS) is 13.5. The molecule has 110 valence electrons. The Balaban J connectivity index is 2.44. The standard InChI is InChI=1S/C18H22N2O/c1-12-5-7-16(8-6-12)20-18(4,17(19)21)15-10-13(2)9-14(3)11-15/h5-11,20H,1-4H3,(H2,19,21). The predicted molar refractivity (Wildman–Crippen MR) is 87.3 cm³/mol. The summed E-state index contributed by atoms with van der Waals surface area (Å²) in [5.74, 6) is -0.395. The van der Waals surface area contributed by atoms with Crippen LogP contribution in [0.3, 0.4) is 0 Å². The van der Waals surface area contributed by atoms with Gasteiger partial charge in [-0.05, 0) is 45.4 Å². The maximum atomic E-state index is 12.1. The molecule has 3 N–H and O–H groups in total. The number of hydrogen-bond donors (Lipinski definition) is 2. The summed E-state index contributed by atoms with van der Waals surface area (Å²) in [5, 5.41) is 3.28. The lowest BCUT2D eigenvalue weighted by Crippen LogP contribution is -2.45. The number of nitrogens with one attached hydrogen (secondary N) is 1. The fraction of sp³-hybridized carbons (Fsp3) is 0.278. The Hall–Kier alpha value is -2.29. The summed E-state index contributed by atoms with van der Waals surface area (Å²) >= 11 is 0. The molecular formula is C18H22N2O. The first-order chi connectivity index (χ1) is 9.81. The number of primary amides is 1. The van der Waals surface area contributed by atoms with Gasteiger partial charge in [-0.3, -0.25) is 4.79 Å². The van der Waals surface area contributed by atoms with Crippen molar-refractivity contribution in [1.29, 1.82) is 0 Å².